The van der Waals surface area contributed by atoms with Gasteiger partial charge in [0, 0.05) is 60.8 Å². The Labute approximate surface area is 265 Å². The maximum atomic E-state index is 11.1. The fraction of sp³-hybridized carbons (Fsp3) is 0.818. The van der Waals surface area contributed by atoms with Crippen molar-refractivity contribution in [2.45, 2.75) is 109 Å². The van der Waals surface area contributed by atoms with Gasteiger partial charge in [-0.2, -0.15) is 0 Å². The molecule has 0 fully saturated rings. The Balaban J connectivity index is -0.0000000736. The summed E-state index contributed by atoms with van der Waals surface area (Å²) in [6.07, 6.45) is 3.58. The fourth-order valence-corrected chi connectivity index (χ4v) is 3.26. The molecule has 0 aromatic carbocycles. The van der Waals surface area contributed by atoms with Crippen LogP contribution in [0.3, 0.4) is 0 Å². The minimum absolute atomic E-state index is 0. The molecule has 0 heterocycles. The molecule has 42 heavy (non-hydrogen) atoms. The largest absolute Gasteiger partial charge is 0.349 e. The first-order valence-corrected chi connectivity index (χ1v) is 17.9. The Morgan fingerprint density at radius 2 is 1.00 bits per heavy atom. The molecular weight excluding hydrogens is 544 g/mol. The van der Waals surface area contributed by atoms with Gasteiger partial charge in [0.2, 0.25) is 17.7 Å². The zero-order valence-electron chi connectivity index (χ0n) is 30.0. The second-order valence-corrected chi connectivity index (χ2v) is 18.7. The van der Waals surface area contributed by atoms with Crippen molar-refractivity contribution in [3.8, 4) is 0 Å². The molecule has 0 aliphatic rings. The summed E-state index contributed by atoms with van der Waals surface area (Å²) in [5.74, 6) is 2.01. The molecule has 9 heteroatoms. The summed E-state index contributed by atoms with van der Waals surface area (Å²) in [5.41, 5.74) is 1.04. The zero-order valence-corrected chi connectivity index (χ0v) is 31.0. The minimum Gasteiger partial charge on any atom is -0.349 e. The maximum absolute atomic E-state index is 11.1. The number of hydrogen-bond donors (Lipinski definition) is 0. The van der Waals surface area contributed by atoms with Crippen LogP contribution in [-0.2, 0) is 19.2 Å². The fourth-order valence-electron chi connectivity index (χ4n) is 2.04. The maximum Gasteiger partial charge on any atom is 0.245 e. The van der Waals surface area contributed by atoms with Gasteiger partial charge in [0.05, 0.1) is 8.07 Å². The topological polar surface area (TPSA) is 81.2 Å². The van der Waals surface area contributed by atoms with Crippen LogP contribution < -0.4 is 0 Å². The average Bonchev–Trinajstić information content (AvgIpc) is 2.71. The molecule has 0 rings (SSSR count). The molecule has 0 bridgehead atoms. The summed E-state index contributed by atoms with van der Waals surface area (Å²) < 4.78 is 0. The van der Waals surface area contributed by atoms with Gasteiger partial charge in [0.15, 0.2) is 0 Å². The summed E-state index contributed by atoms with van der Waals surface area (Å²) in [7, 11) is 13.7. The third-order valence-corrected chi connectivity index (χ3v) is 5.63. The second kappa shape index (κ2) is 31.9. The Bertz CT molecular complexity index is 693. The van der Waals surface area contributed by atoms with E-state index in [1.54, 1.807) is 49.0 Å². The van der Waals surface area contributed by atoms with E-state index in [1.807, 2.05) is 41.8 Å². The van der Waals surface area contributed by atoms with Crippen LogP contribution in [0.1, 0.15) is 83.1 Å². The van der Waals surface area contributed by atoms with Crippen molar-refractivity contribution in [2.75, 3.05) is 62.9 Å². The van der Waals surface area contributed by atoms with Crippen molar-refractivity contribution in [3.05, 3.63) is 11.6 Å². The van der Waals surface area contributed by atoms with Gasteiger partial charge >= 0.3 is 0 Å². The van der Waals surface area contributed by atoms with Gasteiger partial charge in [0.25, 0.3) is 0 Å². The molecule has 0 aliphatic heterocycles. The lowest BCUT2D eigenvalue weighted by Gasteiger charge is -2.18. The first kappa shape index (κ1) is 55.9. The SMILES string of the molecule is C.C.CC(C)=CC(=O)N(C)C.CC(C)=O.CC(C)CC(=O)N(C)C.CC(C)CCN(C)C.CN(C)C(=O)C[Si](C)(C)C. The van der Waals surface area contributed by atoms with E-state index in [0.717, 1.165) is 17.5 Å². The zero-order chi connectivity index (χ0) is 33.4. The molecule has 8 nitrogen and oxygen atoms in total. The van der Waals surface area contributed by atoms with Crippen LogP contribution in [0.25, 0.3) is 0 Å². The van der Waals surface area contributed by atoms with Gasteiger partial charge in [-0.3, -0.25) is 14.4 Å². The van der Waals surface area contributed by atoms with Crippen molar-refractivity contribution >= 4 is 31.6 Å². The van der Waals surface area contributed by atoms with Crippen molar-refractivity contribution in [3.63, 3.8) is 0 Å². The first-order valence-electron chi connectivity index (χ1n) is 14.1. The first-order chi connectivity index (χ1) is 17.8. The summed E-state index contributed by atoms with van der Waals surface area (Å²) in [5, 5.41) is 0. The summed E-state index contributed by atoms with van der Waals surface area (Å²) >= 11 is 0. The molecule has 0 N–H and O–H groups in total. The molecule has 0 aliphatic carbocycles. The van der Waals surface area contributed by atoms with Crippen LogP contribution in [0.4, 0.5) is 0 Å². The van der Waals surface area contributed by atoms with E-state index >= 15 is 0 Å². The molecule has 0 aromatic rings. The number of amides is 3. The Kier molecular flexibility index (Phi) is 42.5. The second-order valence-electron chi connectivity index (χ2n) is 13.3. The standard InChI is InChI=1S/C7H17NOSi.C7H15NO.C7H13NO.C7H17N.C3H6O.2CH4/c1-8(2)7(9)6-10(3,4)5;2*1-6(2)5-7(9)8(3)4;1-7(2)5-6-8(3)4;1-3(2)4;;/h6H2,1-5H3;6H,5H2,1-4H3;5H,1-4H3;7H,5-6H2,1-4H3;1-2H3;2*1H4. The van der Waals surface area contributed by atoms with Crippen LogP contribution in [-0.4, -0.2) is 114 Å². The Hall–Kier alpha value is -2.00. The average molecular weight is 621 g/mol. The summed E-state index contributed by atoms with van der Waals surface area (Å²) in [6, 6.07) is 0.764. The van der Waals surface area contributed by atoms with Crippen molar-refractivity contribution in [1.29, 1.82) is 0 Å². The molecule has 0 saturated heterocycles. The molecule has 0 saturated carbocycles. The number of nitrogens with zero attached hydrogens (tertiary/aromatic N) is 4. The smallest absolute Gasteiger partial charge is 0.245 e. The molecule has 256 valence electrons. The predicted molar refractivity (Wildman–Crippen MR) is 191 cm³/mol. The van der Waals surface area contributed by atoms with Crippen molar-refractivity contribution in [1.82, 2.24) is 19.6 Å². The molecule has 0 aromatic heterocycles. The molecule has 0 radical (unpaired) electrons. The molecule has 0 spiro atoms. The van der Waals surface area contributed by atoms with Crippen LogP contribution in [0, 0.1) is 11.8 Å². The molecular formula is C33H76N4O4Si. The lowest BCUT2D eigenvalue weighted by Crippen LogP contribution is -2.31. The third kappa shape index (κ3) is 66.4. The van der Waals surface area contributed by atoms with Gasteiger partial charge < -0.3 is 24.4 Å². The van der Waals surface area contributed by atoms with E-state index in [2.05, 4.69) is 52.5 Å². The molecule has 0 unspecified atom stereocenters. The Morgan fingerprint density at radius 1 is 0.643 bits per heavy atom. The third-order valence-electron chi connectivity index (χ3n) is 4.27. The normalized spacial score (nSPS) is 9.38. The number of hydrogen-bond acceptors (Lipinski definition) is 5. The van der Waals surface area contributed by atoms with Crippen molar-refractivity contribution in [2.24, 2.45) is 11.8 Å². The highest BCUT2D eigenvalue weighted by atomic mass is 28.3. The van der Waals surface area contributed by atoms with Crippen LogP contribution in [0.2, 0.25) is 25.7 Å². The highest BCUT2D eigenvalue weighted by Crippen LogP contribution is 2.08. The number of allylic oxidation sites excluding steroid dienone is 1. The summed E-state index contributed by atoms with van der Waals surface area (Å²) in [6.45, 7) is 23.3. The van der Waals surface area contributed by atoms with Crippen LogP contribution >= 0.6 is 0 Å². The van der Waals surface area contributed by atoms with Crippen LogP contribution in [0.5, 0.6) is 0 Å². The number of rotatable bonds is 8. The van der Waals surface area contributed by atoms with Gasteiger partial charge in [-0.25, -0.2) is 0 Å². The van der Waals surface area contributed by atoms with E-state index in [0.29, 0.717) is 12.3 Å². The molecule has 3 amide bonds. The summed E-state index contributed by atoms with van der Waals surface area (Å²) in [4.78, 5) is 49.3. The quantitative estimate of drug-likeness (QED) is 0.215. The number of likely N-dealkylation sites (N-methyl/N-ethyl adjacent to an activating group) is 1. The highest BCUT2D eigenvalue weighted by molar-refractivity contribution is 6.78. The predicted octanol–water partition coefficient (Wildman–Crippen LogP) is 7.04. The van der Waals surface area contributed by atoms with E-state index < -0.39 is 8.07 Å². The molecule has 0 atom stereocenters. The van der Waals surface area contributed by atoms with Crippen LogP contribution in [0.15, 0.2) is 11.6 Å². The van der Waals surface area contributed by atoms with E-state index in [1.165, 1.54) is 26.8 Å². The lowest BCUT2D eigenvalue weighted by atomic mass is 10.1. The number of carbonyl (C=O) groups excluding carboxylic acids is 4. The number of ketones is 1. The Morgan fingerprint density at radius 3 is 1.10 bits per heavy atom. The van der Waals surface area contributed by atoms with E-state index in [9.17, 15) is 19.2 Å². The van der Waals surface area contributed by atoms with Gasteiger partial charge in [-0.15, -0.1) is 0 Å². The van der Waals surface area contributed by atoms with Crippen molar-refractivity contribution < 1.29 is 19.2 Å². The number of Topliss-reactive ketones (excluding diaryl/α,β-unsaturated/α-hetero) is 1. The van der Waals surface area contributed by atoms with Gasteiger partial charge in [-0.1, -0.05) is 67.8 Å². The van der Waals surface area contributed by atoms with E-state index in [-0.39, 0.29) is 38.4 Å². The lowest BCUT2D eigenvalue weighted by molar-refractivity contribution is -0.129. The monoisotopic (exact) mass is 621 g/mol. The minimum atomic E-state index is -1.17. The van der Waals surface area contributed by atoms with Gasteiger partial charge in [0.1, 0.15) is 5.78 Å². The number of carbonyl (C=O) groups is 4. The highest BCUT2D eigenvalue weighted by Gasteiger charge is 2.18. The van der Waals surface area contributed by atoms with E-state index in [4.69, 9.17) is 0 Å². The van der Waals surface area contributed by atoms with Gasteiger partial charge in [-0.05, 0) is 66.6 Å².